The summed E-state index contributed by atoms with van der Waals surface area (Å²) in [6.07, 6.45) is 12.1. The molecule has 0 bridgehead atoms. The van der Waals surface area contributed by atoms with Crippen LogP contribution in [0.15, 0.2) is 35.6 Å². The van der Waals surface area contributed by atoms with Gasteiger partial charge in [-0.25, -0.2) is 15.0 Å². The van der Waals surface area contributed by atoms with Crippen molar-refractivity contribution in [2.45, 2.75) is 49.5 Å². The van der Waals surface area contributed by atoms with E-state index in [0.717, 1.165) is 68.1 Å². The molecule has 0 radical (unpaired) electrons. The van der Waals surface area contributed by atoms with E-state index in [1.54, 1.807) is 11.8 Å². The van der Waals surface area contributed by atoms with E-state index < -0.39 is 0 Å². The van der Waals surface area contributed by atoms with Crippen LogP contribution in [0, 0.1) is 17.8 Å². The fraction of sp³-hybridized carbons (Fsp3) is 0.630. The van der Waals surface area contributed by atoms with Crippen LogP contribution in [0.25, 0.3) is 0 Å². The summed E-state index contributed by atoms with van der Waals surface area (Å²) in [5.74, 6) is 3.53. The molecule has 5 atom stereocenters. The number of hydrogen-bond donors (Lipinski definition) is 2. The highest BCUT2D eigenvalue weighted by molar-refractivity contribution is 7.98. The first-order valence-electron chi connectivity index (χ1n) is 13.3. The number of rotatable bonds is 9. The number of nitrogens with zero attached hydrogens (tertiary/aromatic N) is 5. The van der Waals surface area contributed by atoms with Gasteiger partial charge in [0.25, 0.3) is 0 Å². The predicted octanol–water partition coefficient (Wildman–Crippen LogP) is 3.80. The van der Waals surface area contributed by atoms with Crippen molar-refractivity contribution in [1.29, 1.82) is 0 Å². The van der Waals surface area contributed by atoms with E-state index in [4.69, 9.17) is 0 Å². The van der Waals surface area contributed by atoms with Crippen LogP contribution in [0.4, 0.5) is 11.8 Å². The zero-order valence-electron chi connectivity index (χ0n) is 21.7. The van der Waals surface area contributed by atoms with Gasteiger partial charge in [0.15, 0.2) is 0 Å². The third-order valence-corrected chi connectivity index (χ3v) is 8.75. The highest BCUT2D eigenvalue weighted by Crippen LogP contribution is 2.48. The molecule has 2 aromatic rings. The summed E-state index contributed by atoms with van der Waals surface area (Å²) in [6, 6.07) is 4.93. The maximum absolute atomic E-state index is 13.2. The first-order chi connectivity index (χ1) is 17.5. The lowest BCUT2D eigenvalue weighted by molar-refractivity contribution is -0.134. The molecule has 36 heavy (non-hydrogen) atoms. The van der Waals surface area contributed by atoms with Crippen LogP contribution >= 0.6 is 11.8 Å². The maximum atomic E-state index is 13.2. The lowest BCUT2D eigenvalue weighted by atomic mass is 9.82. The van der Waals surface area contributed by atoms with Crippen LogP contribution in [0.5, 0.6) is 0 Å². The summed E-state index contributed by atoms with van der Waals surface area (Å²) in [4.78, 5) is 32.2. The number of fused-ring (bicyclic) bond motifs is 1. The lowest BCUT2D eigenvalue weighted by Crippen LogP contribution is -2.56. The Morgan fingerprint density at radius 3 is 2.64 bits per heavy atom. The van der Waals surface area contributed by atoms with Crippen LogP contribution in [-0.4, -0.2) is 82.7 Å². The van der Waals surface area contributed by atoms with Crippen molar-refractivity contribution in [2.24, 2.45) is 17.8 Å². The topological polar surface area (TPSA) is 86.3 Å². The lowest BCUT2D eigenvalue weighted by Gasteiger charge is -2.48. The second kappa shape index (κ2) is 11.3. The Morgan fingerprint density at radius 2 is 1.92 bits per heavy atom. The Labute approximate surface area is 219 Å². The van der Waals surface area contributed by atoms with Crippen molar-refractivity contribution in [3.63, 3.8) is 0 Å². The molecular formula is C27H39N7OS. The summed E-state index contributed by atoms with van der Waals surface area (Å²) in [6.45, 7) is 6.81. The average molecular weight is 510 g/mol. The van der Waals surface area contributed by atoms with Crippen molar-refractivity contribution in [2.75, 3.05) is 56.7 Å². The second-order valence-electron chi connectivity index (χ2n) is 10.8. The number of likely N-dealkylation sites (tertiary alicyclic amines) is 2. The summed E-state index contributed by atoms with van der Waals surface area (Å²) in [7, 11) is 2.23. The normalized spacial score (nSPS) is 26.7. The van der Waals surface area contributed by atoms with E-state index >= 15 is 0 Å². The second-order valence-corrected chi connectivity index (χ2v) is 11.6. The molecule has 2 aromatic heterocycles. The van der Waals surface area contributed by atoms with E-state index in [1.807, 2.05) is 30.9 Å². The molecule has 2 aliphatic heterocycles. The zero-order chi connectivity index (χ0) is 25.1. The van der Waals surface area contributed by atoms with Gasteiger partial charge in [0.2, 0.25) is 11.9 Å². The molecule has 194 valence electrons. The Kier molecular flexibility index (Phi) is 7.96. The molecule has 2 saturated heterocycles. The smallest absolute Gasteiger partial charge is 0.226 e. The van der Waals surface area contributed by atoms with Gasteiger partial charge >= 0.3 is 0 Å². The van der Waals surface area contributed by atoms with Crippen LogP contribution in [0.2, 0.25) is 0 Å². The van der Waals surface area contributed by atoms with Crippen LogP contribution in [0.3, 0.4) is 0 Å². The van der Waals surface area contributed by atoms with Gasteiger partial charge in [-0.2, -0.15) is 0 Å². The molecule has 0 spiro atoms. The van der Waals surface area contributed by atoms with E-state index in [9.17, 15) is 4.79 Å². The summed E-state index contributed by atoms with van der Waals surface area (Å²) >= 11 is 1.64. The molecular weight excluding hydrogens is 470 g/mol. The van der Waals surface area contributed by atoms with E-state index in [1.165, 1.54) is 18.5 Å². The predicted molar refractivity (Wildman–Crippen MR) is 145 cm³/mol. The summed E-state index contributed by atoms with van der Waals surface area (Å²) < 4.78 is 0. The van der Waals surface area contributed by atoms with Crippen molar-refractivity contribution in [3.05, 3.63) is 36.3 Å². The number of thioether (sulfide) groups is 1. The minimum atomic E-state index is 0.142. The van der Waals surface area contributed by atoms with Gasteiger partial charge in [0.05, 0.1) is 0 Å². The molecule has 1 amide bonds. The monoisotopic (exact) mass is 509 g/mol. The average Bonchev–Trinajstić information content (AvgIpc) is 3.69. The van der Waals surface area contributed by atoms with E-state index in [0.29, 0.717) is 23.7 Å². The van der Waals surface area contributed by atoms with Gasteiger partial charge in [-0.05, 0) is 68.4 Å². The fourth-order valence-electron chi connectivity index (χ4n) is 5.66. The van der Waals surface area contributed by atoms with Crippen LogP contribution in [0.1, 0.15) is 44.1 Å². The molecule has 0 aromatic carbocycles. The first kappa shape index (κ1) is 25.3. The molecule has 1 aliphatic carbocycles. The van der Waals surface area contributed by atoms with E-state index in [2.05, 4.69) is 55.4 Å². The van der Waals surface area contributed by atoms with Crippen LogP contribution < -0.4 is 10.6 Å². The molecule has 9 heteroatoms. The van der Waals surface area contributed by atoms with Gasteiger partial charge in [0.1, 0.15) is 5.82 Å². The van der Waals surface area contributed by atoms with Gasteiger partial charge in [0, 0.05) is 68.2 Å². The third kappa shape index (κ3) is 5.94. The third-order valence-electron chi connectivity index (χ3n) is 8.07. The number of nitrogens with one attached hydrogen (secondary N) is 2. The van der Waals surface area contributed by atoms with Crippen molar-refractivity contribution < 1.29 is 4.79 Å². The largest absolute Gasteiger partial charge is 0.370 e. The maximum Gasteiger partial charge on any atom is 0.226 e. The minimum absolute atomic E-state index is 0.142. The Morgan fingerprint density at radius 1 is 1.11 bits per heavy atom. The number of anilines is 2. The standard InChI is InChI=1S/C27H39N7OS/c1-18(13-30-27-31-15-21(36-3)16-32-27)12-28-25-7-6-19(14-29-25)22-11-23(22)26(35)34-9-4-5-24-20(8-10-34)17-33(24)2/h6-7,14-16,18,20,22-24H,4-5,8-13,17H2,1-3H3,(H,28,29)(H,30,31,32)/t18-,20?,22-,23+,24?/m1/s1. The van der Waals surface area contributed by atoms with Gasteiger partial charge in [-0.1, -0.05) is 13.0 Å². The number of aromatic nitrogens is 3. The molecule has 2 unspecified atom stereocenters. The van der Waals surface area contributed by atoms with Crippen molar-refractivity contribution >= 4 is 29.4 Å². The number of pyridine rings is 1. The molecule has 2 N–H and O–H groups in total. The summed E-state index contributed by atoms with van der Waals surface area (Å²) in [5, 5.41) is 6.72. The number of amides is 1. The molecule has 3 aliphatic rings. The fourth-order valence-corrected chi connectivity index (χ4v) is 5.98. The first-order valence-corrected chi connectivity index (χ1v) is 14.5. The molecule has 3 fully saturated rings. The van der Waals surface area contributed by atoms with Gasteiger partial charge in [-0.15, -0.1) is 11.8 Å². The van der Waals surface area contributed by atoms with Gasteiger partial charge < -0.3 is 20.4 Å². The summed E-state index contributed by atoms with van der Waals surface area (Å²) in [5.41, 5.74) is 1.19. The zero-order valence-corrected chi connectivity index (χ0v) is 22.5. The molecule has 1 saturated carbocycles. The van der Waals surface area contributed by atoms with Crippen LogP contribution in [-0.2, 0) is 4.79 Å². The minimum Gasteiger partial charge on any atom is -0.370 e. The highest BCUT2D eigenvalue weighted by atomic mass is 32.2. The van der Waals surface area contributed by atoms with E-state index in [-0.39, 0.29) is 5.92 Å². The van der Waals surface area contributed by atoms with Gasteiger partial charge in [-0.3, -0.25) is 4.79 Å². The quantitative estimate of drug-likeness (QED) is 0.494. The molecule has 8 nitrogen and oxygen atoms in total. The number of hydrogen-bond acceptors (Lipinski definition) is 8. The molecule has 5 rings (SSSR count). The Balaban J connectivity index is 1.04. The van der Waals surface area contributed by atoms with Crippen molar-refractivity contribution in [1.82, 2.24) is 24.8 Å². The molecule has 4 heterocycles. The number of carbonyl (C=O) groups is 1. The SMILES string of the molecule is CSc1cnc(NC[C@H](C)CNc2ccc([C@H]3C[C@@H]3C(=O)N3CCCC4C(CC3)CN4C)cn2)nc1. The highest BCUT2D eigenvalue weighted by Gasteiger charge is 2.46. The number of carbonyl (C=O) groups excluding carboxylic acids is 1. The van der Waals surface area contributed by atoms with Crippen molar-refractivity contribution in [3.8, 4) is 0 Å². The Hall–Kier alpha value is -2.39. The Bertz CT molecular complexity index is 1020.